The molecule has 1 N–H and O–H groups in total. The van der Waals surface area contributed by atoms with Crippen LogP contribution in [-0.2, 0) is 6.54 Å². The van der Waals surface area contributed by atoms with Crippen LogP contribution < -0.4 is 5.32 Å². The molecule has 0 fully saturated rings. The number of rotatable bonds is 3. The average Bonchev–Trinajstić information content (AvgIpc) is 2.85. The van der Waals surface area contributed by atoms with Crippen LogP contribution in [0.5, 0.6) is 0 Å². The van der Waals surface area contributed by atoms with E-state index in [1.165, 1.54) is 6.07 Å². The first-order valence-electron chi connectivity index (χ1n) is 5.05. The van der Waals surface area contributed by atoms with E-state index < -0.39 is 18.6 Å². The molecule has 19 heavy (non-hydrogen) atoms. The summed E-state index contributed by atoms with van der Waals surface area (Å²) in [5, 5.41) is 14.2. The Morgan fingerprint density at radius 1 is 1.47 bits per heavy atom. The molecule has 2 rings (SSSR count). The minimum Gasteiger partial charge on any atom is -0.295 e. The summed E-state index contributed by atoms with van der Waals surface area (Å²) in [5.74, 6) is -0.628. The van der Waals surface area contributed by atoms with Gasteiger partial charge in [0.15, 0.2) is 5.69 Å². The molecule has 0 saturated heterocycles. The topological polar surface area (TPSA) is 72.7 Å². The number of halogens is 3. The van der Waals surface area contributed by atoms with E-state index in [1.54, 1.807) is 6.92 Å². The molecule has 0 bridgehead atoms. The van der Waals surface area contributed by atoms with Crippen molar-refractivity contribution in [1.82, 2.24) is 20.0 Å². The Hall–Kier alpha value is -1.97. The van der Waals surface area contributed by atoms with Gasteiger partial charge in [0.25, 0.3) is 5.91 Å². The fourth-order valence-electron chi connectivity index (χ4n) is 1.26. The van der Waals surface area contributed by atoms with Gasteiger partial charge in [-0.05, 0) is 13.0 Å². The fraction of sp³-hybridized carbons (Fsp3) is 0.333. The number of hydrogen-bond donors (Lipinski definition) is 1. The van der Waals surface area contributed by atoms with Gasteiger partial charge in [-0.2, -0.15) is 18.3 Å². The van der Waals surface area contributed by atoms with Gasteiger partial charge in [0.2, 0.25) is 5.13 Å². The van der Waals surface area contributed by atoms with E-state index >= 15 is 0 Å². The molecule has 10 heteroatoms. The first-order chi connectivity index (χ1) is 8.83. The molecule has 0 aliphatic carbocycles. The molecule has 0 radical (unpaired) electrons. The van der Waals surface area contributed by atoms with E-state index in [-0.39, 0.29) is 10.8 Å². The third-order valence-electron chi connectivity index (χ3n) is 1.96. The van der Waals surface area contributed by atoms with Gasteiger partial charge in [0.05, 0.1) is 0 Å². The van der Waals surface area contributed by atoms with E-state index in [9.17, 15) is 18.0 Å². The van der Waals surface area contributed by atoms with Gasteiger partial charge in [-0.15, -0.1) is 10.2 Å². The number of hydrogen-bond acceptors (Lipinski definition) is 5. The summed E-state index contributed by atoms with van der Waals surface area (Å²) >= 11 is 1.16. The normalized spacial score (nSPS) is 11.6. The van der Waals surface area contributed by atoms with Gasteiger partial charge in [0.1, 0.15) is 11.6 Å². The van der Waals surface area contributed by atoms with Gasteiger partial charge in [-0.25, -0.2) is 0 Å². The quantitative estimate of drug-likeness (QED) is 0.936. The van der Waals surface area contributed by atoms with Crippen LogP contribution in [0.25, 0.3) is 0 Å². The van der Waals surface area contributed by atoms with Crippen molar-refractivity contribution < 1.29 is 18.0 Å². The van der Waals surface area contributed by atoms with Gasteiger partial charge >= 0.3 is 6.18 Å². The zero-order chi connectivity index (χ0) is 14.0. The van der Waals surface area contributed by atoms with E-state index in [0.717, 1.165) is 17.5 Å². The highest BCUT2D eigenvalue weighted by Crippen LogP contribution is 2.17. The molecule has 0 saturated carbocycles. The van der Waals surface area contributed by atoms with Crippen molar-refractivity contribution in [2.45, 2.75) is 19.6 Å². The zero-order valence-electron chi connectivity index (χ0n) is 9.60. The minimum atomic E-state index is -4.38. The monoisotopic (exact) mass is 291 g/mol. The molecule has 102 valence electrons. The summed E-state index contributed by atoms with van der Waals surface area (Å²) in [4.78, 5) is 11.7. The van der Waals surface area contributed by atoms with Crippen LogP contribution in [-0.4, -0.2) is 32.1 Å². The fourth-order valence-corrected chi connectivity index (χ4v) is 1.85. The Morgan fingerprint density at radius 2 is 2.21 bits per heavy atom. The predicted molar refractivity (Wildman–Crippen MR) is 60.9 cm³/mol. The zero-order valence-corrected chi connectivity index (χ0v) is 10.4. The van der Waals surface area contributed by atoms with E-state index in [0.29, 0.717) is 9.69 Å². The van der Waals surface area contributed by atoms with Crippen LogP contribution in [0.2, 0.25) is 0 Å². The Kier molecular flexibility index (Phi) is 3.51. The van der Waals surface area contributed by atoms with Crippen LogP contribution in [0.1, 0.15) is 15.5 Å². The molecule has 0 aliphatic heterocycles. The molecule has 2 aromatic rings. The highest BCUT2D eigenvalue weighted by atomic mass is 32.1. The maximum Gasteiger partial charge on any atom is 0.408 e. The third-order valence-corrected chi connectivity index (χ3v) is 2.72. The molecule has 1 amide bonds. The molecule has 0 aromatic carbocycles. The summed E-state index contributed by atoms with van der Waals surface area (Å²) in [6.07, 6.45) is -3.29. The van der Waals surface area contributed by atoms with Gasteiger partial charge in [-0.3, -0.25) is 14.8 Å². The standard InChI is InChI=1S/C9H8F3N5OS/c1-5-14-15-8(19-5)13-7(18)6-2-3-17(16-6)4-9(10,11)12/h2-3H,4H2,1H3,(H,13,15,18). The molecule has 6 nitrogen and oxygen atoms in total. The predicted octanol–water partition coefficient (Wildman–Crippen LogP) is 1.86. The van der Waals surface area contributed by atoms with Crippen molar-refractivity contribution in [2.24, 2.45) is 0 Å². The van der Waals surface area contributed by atoms with Crippen molar-refractivity contribution in [3.63, 3.8) is 0 Å². The lowest BCUT2D eigenvalue weighted by Crippen LogP contribution is -2.19. The number of carbonyl (C=O) groups is 1. The van der Waals surface area contributed by atoms with Crippen LogP contribution in [0.15, 0.2) is 12.3 Å². The third kappa shape index (κ3) is 3.74. The van der Waals surface area contributed by atoms with Gasteiger partial charge in [0, 0.05) is 6.20 Å². The van der Waals surface area contributed by atoms with Gasteiger partial charge in [-0.1, -0.05) is 11.3 Å². The van der Waals surface area contributed by atoms with E-state index in [1.807, 2.05) is 0 Å². The lowest BCUT2D eigenvalue weighted by atomic mass is 10.4. The Bertz CT molecular complexity index is 591. The average molecular weight is 291 g/mol. The van der Waals surface area contributed by atoms with Crippen LogP contribution in [0, 0.1) is 6.92 Å². The molecular formula is C9H8F3N5OS. The summed E-state index contributed by atoms with van der Waals surface area (Å²) in [7, 11) is 0. The van der Waals surface area contributed by atoms with Crippen molar-refractivity contribution in [3.8, 4) is 0 Å². The Balaban J connectivity index is 2.04. The van der Waals surface area contributed by atoms with Crippen molar-refractivity contribution >= 4 is 22.4 Å². The molecule has 2 heterocycles. The number of anilines is 1. The van der Waals surface area contributed by atoms with E-state index in [4.69, 9.17) is 0 Å². The second-order valence-corrected chi connectivity index (χ2v) is 4.78. The maximum absolute atomic E-state index is 12.1. The number of amides is 1. The summed E-state index contributed by atoms with van der Waals surface area (Å²) < 4.78 is 37.0. The highest BCUT2D eigenvalue weighted by molar-refractivity contribution is 7.15. The summed E-state index contributed by atoms with van der Waals surface area (Å²) in [6.45, 7) is 0.476. The van der Waals surface area contributed by atoms with Crippen LogP contribution in [0.4, 0.5) is 18.3 Å². The first kappa shape index (κ1) is 13.5. The Labute approximate surface area is 109 Å². The Morgan fingerprint density at radius 3 is 2.79 bits per heavy atom. The largest absolute Gasteiger partial charge is 0.408 e. The number of aromatic nitrogens is 4. The smallest absolute Gasteiger partial charge is 0.295 e. The van der Waals surface area contributed by atoms with E-state index in [2.05, 4.69) is 20.6 Å². The number of nitrogens with one attached hydrogen (secondary N) is 1. The first-order valence-corrected chi connectivity index (χ1v) is 5.87. The number of carbonyl (C=O) groups excluding carboxylic acids is 1. The van der Waals surface area contributed by atoms with Gasteiger partial charge < -0.3 is 0 Å². The lowest BCUT2D eigenvalue weighted by molar-refractivity contribution is -0.142. The molecule has 0 spiro atoms. The second kappa shape index (κ2) is 4.96. The number of nitrogens with zero attached hydrogens (tertiary/aromatic N) is 4. The highest BCUT2D eigenvalue weighted by Gasteiger charge is 2.28. The SMILES string of the molecule is Cc1nnc(NC(=O)c2ccn(CC(F)(F)F)n2)s1. The molecule has 0 unspecified atom stereocenters. The van der Waals surface area contributed by atoms with Crippen molar-refractivity contribution in [1.29, 1.82) is 0 Å². The van der Waals surface area contributed by atoms with Crippen LogP contribution >= 0.6 is 11.3 Å². The second-order valence-electron chi connectivity index (χ2n) is 3.59. The maximum atomic E-state index is 12.1. The van der Waals surface area contributed by atoms with Crippen molar-refractivity contribution in [2.75, 3.05) is 5.32 Å². The van der Waals surface area contributed by atoms with Crippen molar-refractivity contribution in [3.05, 3.63) is 23.0 Å². The summed E-state index contributed by atoms with van der Waals surface area (Å²) in [6, 6.07) is 1.20. The summed E-state index contributed by atoms with van der Waals surface area (Å²) in [5.41, 5.74) is -0.114. The minimum absolute atomic E-state index is 0.114. The molecule has 0 atom stereocenters. The lowest BCUT2D eigenvalue weighted by Gasteiger charge is -2.05. The van der Waals surface area contributed by atoms with Crippen LogP contribution in [0.3, 0.4) is 0 Å². The molecular weight excluding hydrogens is 283 g/mol. The molecule has 0 aliphatic rings. The molecule has 2 aromatic heterocycles. The number of alkyl halides is 3. The number of aryl methyl sites for hydroxylation is 1.